The topological polar surface area (TPSA) is 62.8 Å². The number of azo groups is 1. The van der Waals surface area contributed by atoms with Crippen molar-refractivity contribution in [3.8, 4) is 5.88 Å². The lowest BCUT2D eigenvalue weighted by Crippen LogP contribution is -2.22. The average molecular weight is 445 g/mol. The molecule has 0 radical (unpaired) electrons. The fraction of sp³-hybridized carbons (Fsp3) is 0.167. The predicted molar refractivity (Wildman–Crippen MR) is 111 cm³/mol. The molecule has 0 bridgehead atoms. The number of aromatic hydroxyl groups is 1. The Balaban J connectivity index is 1.63. The van der Waals surface area contributed by atoms with Crippen molar-refractivity contribution in [3.05, 3.63) is 46.9 Å². The van der Waals surface area contributed by atoms with Crippen molar-refractivity contribution < 1.29 is 5.11 Å². The van der Waals surface area contributed by atoms with Crippen molar-refractivity contribution in [2.45, 2.75) is 6.04 Å². The van der Waals surface area contributed by atoms with Crippen LogP contribution >= 0.6 is 39.0 Å². The maximum absolute atomic E-state index is 10.8. The van der Waals surface area contributed by atoms with Gasteiger partial charge >= 0.3 is 0 Å². The number of hydrogen-bond donors (Lipinski definition) is 1. The van der Waals surface area contributed by atoms with Crippen molar-refractivity contribution in [1.29, 1.82) is 0 Å². The molecule has 130 valence electrons. The van der Waals surface area contributed by atoms with Gasteiger partial charge in [-0.25, -0.2) is 4.98 Å². The molecule has 1 N–H and O–H groups in total. The molecule has 26 heavy (non-hydrogen) atoms. The molecule has 1 saturated heterocycles. The molecule has 2 aromatic heterocycles. The number of fused-ring (bicyclic) bond motifs is 2. The van der Waals surface area contributed by atoms with E-state index in [-0.39, 0.29) is 5.88 Å². The molecule has 0 saturated carbocycles. The summed E-state index contributed by atoms with van der Waals surface area (Å²) in [7, 11) is 0. The van der Waals surface area contributed by atoms with Gasteiger partial charge in [0.15, 0.2) is 5.69 Å². The standard InChI is InChI=1S/C18H13BrN4OS2/c19-10-5-6-14-12(7-10)16(17(24)23(14)11-8-25-9-11)21-22-18-20-13-3-1-2-4-15(13)26-18/h1-7,11,24H,8-9H2. The smallest absolute Gasteiger partial charge is 0.231 e. The highest BCUT2D eigenvalue weighted by molar-refractivity contribution is 9.10. The van der Waals surface area contributed by atoms with Crippen LogP contribution in [0.2, 0.25) is 0 Å². The molecule has 4 aromatic rings. The predicted octanol–water partition coefficient (Wildman–Crippen LogP) is 6.42. The minimum Gasteiger partial charge on any atom is -0.493 e. The quantitative estimate of drug-likeness (QED) is 0.370. The summed E-state index contributed by atoms with van der Waals surface area (Å²) in [5, 5.41) is 21.0. The van der Waals surface area contributed by atoms with Crippen molar-refractivity contribution in [1.82, 2.24) is 9.55 Å². The van der Waals surface area contributed by atoms with E-state index in [0.717, 1.165) is 37.1 Å². The van der Waals surface area contributed by atoms with Crippen molar-refractivity contribution in [3.63, 3.8) is 0 Å². The second-order valence-electron chi connectivity index (χ2n) is 6.06. The van der Waals surface area contributed by atoms with E-state index >= 15 is 0 Å². The molecular weight excluding hydrogens is 432 g/mol. The van der Waals surface area contributed by atoms with Crippen LogP contribution in [0.25, 0.3) is 21.1 Å². The molecule has 1 aliphatic rings. The minimum absolute atomic E-state index is 0.174. The number of aromatic nitrogens is 2. The van der Waals surface area contributed by atoms with Gasteiger partial charge in [0.1, 0.15) is 0 Å². The van der Waals surface area contributed by atoms with Crippen molar-refractivity contribution in [2.24, 2.45) is 10.2 Å². The zero-order valence-electron chi connectivity index (χ0n) is 13.5. The highest BCUT2D eigenvalue weighted by atomic mass is 79.9. The van der Waals surface area contributed by atoms with Gasteiger partial charge in [0, 0.05) is 21.4 Å². The Kier molecular flexibility index (Phi) is 3.99. The van der Waals surface area contributed by atoms with E-state index in [9.17, 15) is 5.11 Å². The van der Waals surface area contributed by atoms with Crippen LogP contribution in [0.1, 0.15) is 6.04 Å². The zero-order chi connectivity index (χ0) is 17.7. The summed E-state index contributed by atoms with van der Waals surface area (Å²) < 4.78 is 3.99. The first-order valence-corrected chi connectivity index (χ1v) is 10.8. The van der Waals surface area contributed by atoms with Crippen LogP contribution in [0.15, 0.2) is 57.2 Å². The highest BCUT2D eigenvalue weighted by Crippen LogP contribution is 2.45. The molecule has 0 spiro atoms. The number of halogens is 1. The first kappa shape index (κ1) is 16.3. The fourth-order valence-corrected chi connectivity index (χ4v) is 4.99. The molecule has 0 unspecified atom stereocenters. The van der Waals surface area contributed by atoms with Gasteiger partial charge in [-0.15, -0.1) is 10.2 Å². The van der Waals surface area contributed by atoms with Gasteiger partial charge in [0.2, 0.25) is 11.0 Å². The minimum atomic E-state index is 0.174. The summed E-state index contributed by atoms with van der Waals surface area (Å²) in [4.78, 5) is 4.48. The normalized spacial score (nSPS) is 15.3. The van der Waals surface area contributed by atoms with Crippen LogP contribution in [0.5, 0.6) is 5.88 Å². The van der Waals surface area contributed by atoms with Crippen molar-refractivity contribution in [2.75, 3.05) is 11.5 Å². The van der Waals surface area contributed by atoms with E-state index in [1.807, 2.05) is 58.8 Å². The van der Waals surface area contributed by atoms with E-state index in [4.69, 9.17) is 0 Å². The number of para-hydroxylation sites is 1. The molecule has 2 aromatic carbocycles. The Labute approximate surface area is 165 Å². The molecule has 1 fully saturated rings. The van der Waals surface area contributed by atoms with Crippen LogP contribution in [-0.4, -0.2) is 26.2 Å². The number of benzene rings is 2. The lowest BCUT2D eigenvalue weighted by Gasteiger charge is -2.27. The van der Waals surface area contributed by atoms with Gasteiger partial charge in [-0.2, -0.15) is 11.8 Å². The molecule has 5 nitrogen and oxygen atoms in total. The van der Waals surface area contributed by atoms with E-state index < -0.39 is 0 Å². The molecular formula is C18H13BrN4OS2. The van der Waals surface area contributed by atoms with Crippen LogP contribution in [-0.2, 0) is 0 Å². The molecule has 1 aliphatic heterocycles. The molecule has 0 amide bonds. The van der Waals surface area contributed by atoms with E-state index in [2.05, 4.69) is 31.1 Å². The summed E-state index contributed by atoms with van der Waals surface area (Å²) in [6.07, 6.45) is 0. The molecule has 0 aliphatic carbocycles. The third-order valence-electron chi connectivity index (χ3n) is 4.42. The Morgan fingerprint density at radius 1 is 1.15 bits per heavy atom. The number of thioether (sulfide) groups is 1. The molecule has 8 heteroatoms. The van der Waals surface area contributed by atoms with Crippen LogP contribution < -0.4 is 0 Å². The maximum Gasteiger partial charge on any atom is 0.231 e. The summed E-state index contributed by atoms with van der Waals surface area (Å²) in [5.74, 6) is 2.18. The van der Waals surface area contributed by atoms with Gasteiger partial charge in [-0.3, -0.25) is 0 Å². The van der Waals surface area contributed by atoms with E-state index in [0.29, 0.717) is 16.9 Å². The number of hydrogen-bond acceptors (Lipinski definition) is 6. The number of nitrogens with zero attached hydrogens (tertiary/aromatic N) is 4. The average Bonchev–Trinajstić information content (AvgIpc) is 3.11. The number of thiazole rings is 1. The van der Waals surface area contributed by atoms with Crippen LogP contribution in [0.3, 0.4) is 0 Å². The first-order chi connectivity index (χ1) is 12.7. The van der Waals surface area contributed by atoms with Crippen molar-refractivity contribution >= 4 is 71.0 Å². The third kappa shape index (κ3) is 2.64. The third-order valence-corrected chi connectivity index (χ3v) is 7.07. The van der Waals surface area contributed by atoms with E-state index in [1.54, 1.807) is 0 Å². The van der Waals surface area contributed by atoms with Gasteiger partial charge in [-0.1, -0.05) is 39.4 Å². The SMILES string of the molecule is Oc1c(N=Nc2nc3ccccc3s2)c2cc(Br)ccc2n1C1CSC1. The zero-order valence-corrected chi connectivity index (χ0v) is 16.7. The fourth-order valence-electron chi connectivity index (χ4n) is 3.09. The monoisotopic (exact) mass is 444 g/mol. The molecule has 0 atom stereocenters. The number of rotatable bonds is 3. The van der Waals surface area contributed by atoms with E-state index in [1.165, 1.54) is 11.3 Å². The summed E-state index contributed by atoms with van der Waals surface area (Å²) in [5.41, 5.74) is 2.39. The van der Waals surface area contributed by atoms with Crippen LogP contribution in [0, 0.1) is 0 Å². The van der Waals surface area contributed by atoms with Gasteiger partial charge in [0.25, 0.3) is 0 Å². The Bertz CT molecular complexity index is 1130. The Morgan fingerprint density at radius 2 is 2.00 bits per heavy atom. The molecule has 3 heterocycles. The second-order valence-corrected chi connectivity index (χ2v) is 9.06. The highest BCUT2D eigenvalue weighted by Gasteiger charge is 2.27. The van der Waals surface area contributed by atoms with Gasteiger partial charge < -0.3 is 9.67 Å². The lowest BCUT2D eigenvalue weighted by molar-refractivity contribution is 0.406. The van der Waals surface area contributed by atoms with Gasteiger partial charge in [-0.05, 0) is 30.3 Å². The van der Waals surface area contributed by atoms with Gasteiger partial charge in [0.05, 0.1) is 21.8 Å². The lowest BCUT2D eigenvalue weighted by atomic mass is 10.2. The summed E-state index contributed by atoms with van der Waals surface area (Å²) in [6, 6.07) is 14.2. The van der Waals surface area contributed by atoms with Crippen LogP contribution in [0.4, 0.5) is 10.8 Å². The summed E-state index contributed by atoms with van der Waals surface area (Å²) >= 11 is 6.88. The maximum atomic E-state index is 10.8. The second kappa shape index (κ2) is 6.37. The summed E-state index contributed by atoms with van der Waals surface area (Å²) in [6.45, 7) is 0. The first-order valence-electron chi connectivity index (χ1n) is 8.08. The Morgan fingerprint density at radius 3 is 2.77 bits per heavy atom. The molecule has 5 rings (SSSR count). The Hall–Kier alpha value is -1.90. The largest absolute Gasteiger partial charge is 0.493 e.